The van der Waals surface area contributed by atoms with E-state index in [0.717, 1.165) is 10.5 Å². The molecule has 5 rings (SSSR count). The Balaban J connectivity index is 1.47. The van der Waals surface area contributed by atoms with Crippen LogP contribution in [0.1, 0.15) is 22.7 Å². The van der Waals surface area contributed by atoms with Crippen molar-refractivity contribution in [2.24, 2.45) is 11.8 Å². The van der Waals surface area contributed by atoms with Gasteiger partial charge in [0.05, 0.1) is 41.7 Å². The highest BCUT2D eigenvalue weighted by molar-refractivity contribution is 6.32. The van der Waals surface area contributed by atoms with Crippen molar-refractivity contribution in [1.29, 1.82) is 0 Å². The van der Waals surface area contributed by atoms with E-state index < -0.39 is 53.2 Å². The van der Waals surface area contributed by atoms with Gasteiger partial charge in [-0.2, -0.15) is 0 Å². The molecule has 11 heteroatoms. The first-order chi connectivity index (χ1) is 18.2. The summed E-state index contributed by atoms with van der Waals surface area (Å²) in [6, 6.07) is 11.5. The van der Waals surface area contributed by atoms with E-state index >= 15 is 0 Å². The zero-order valence-electron chi connectivity index (χ0n) is 20.4. The molecule has 2 fully saturated rings. The monoisotopic (exact) mass is 539 g/mol. The summed E-state index contributed by atoms with van der Waals surface area (Å²) in [4.78, 5) is 53.9. The van der Waals surface area contributed by atoms with E-state index in [0.29, 0.717) is 17.1 Å². The first kappa shape index (κ1) is 26.1. The molecule has 2 aromatic carbocycles. The number of carbonyl (C=O) groups is 3. The second-order valence-corrected chi connectivity index (χ2v) is 10.1. The standard InChI is InChI=1S/C27H26ClN3O7/c1-14-9-19-16(10-18(14)28)23(33)17(12-38-19)22-20-21(27(13-32,30-22)26(36)37)25(35)31(24(20)34)8-7-29-11-15-5-3-2-4-6-15/h2-6,9-10,12,20-22,29-30,32H,7-8,11,13H2,1H3,(H,36,37). The molecule has 2 amide bonds. The molecule has 3 heterocycles. The Kier molecular flexibility index (Phi) is 6.83. The summed E-state index contributed by atoms with van der Waals surface area (Å²) in [5, 5.41) is 26.7. The molecule has 0 radical (unpaired) electrons. The number of nitrogens with zero attached hydrogens (tertiary/aromatic N) is 1. The number of hydrogen-bond acceptors (Lipinski definition) is 8. The Morgan fingerprint density at radius 2 is 1.92 bits per heavy atom. The van der Waals surface area contributed by atoms with Crippen LogP contribution in [-0.2, 0) is 20.9 Å². The fourth-order valence-electron chi connectivity index (χ4n) is 5.46. The number of amides is 2. The zero-order chi connectivity index (χ0) is 27.2. The fraction of sp³-hybridized carbons (Fsp3) is 0.333. The molecule has 2 saturated heterocycles. The van der Waals surface area contributed by atoms with Crippen molar-refractivity contribution in [3.8, 4) is 0 Å². The van der Waals surface area contributed by atoms with Crippen LogP contribution in [0.5, 0.6) is 0 Å². The van der Waals surface area contributed by atoms with Gasteiger partial charge in [-0.15, -0.1) is 0 Å². The lowest BCUT2D eigenvalue weighted by molar-refractivity contribution is -0.153. The Morgan fingerprint density at radius 3 is 2.61 bits per heavy atom. The molecule has 3 aromatic rings. The molecule has 2 aliphatic heterocycles. The third-order valence-corrected chi connectivity index (χ3v) is 7.88. The Labute approximate surface area is 222 Å². The van der Waals surface area contributed by atoms with Crippen LogP contribution in [0.3, 0.4) is 0 Å². The predicted octanol–water partition coefficient (Wildman–Crippen LogP) is 1.61. The van der Waals surface area contributed by atoms with E-state index in [9.17, 15) is 29.4 Å². The number of halogens is 1. The van der Waals surface area contributed by atoms with Crippen LogP contribution in [0.2, 0.25) is 5.02 Å². The SMILES string of the molecule is Cc1cc2occ(C3NC(CO)(C(=O)O)C4C(=O)N(CCNCc5ccccc5)C(=O)C34)c(=O)c2cc1Cl. The minimum atomic E-state index is -2.15. The highest BCUT2D eigenvalue weighted by atomic mass is 35.5. The summed E-state index contributed by atoms with van der Waals surface area (Å²) < 4.78 is 5.66. The summed E-state index contributed by atoms with van der Waals surface area (Å²) in [5.74, 6) is -5.45. The average molecular weight is 540 g/mol. The zero-order valence-corrected chi connectivity index (χ0v) is 21.2. The van der Waals surface area contributed by atoms with Crippen LogP contribution in [0.4, 0.5) is 0 Å². The summed E-state index contributed by atoms with van der Waals surface area (Å²) in [6.45, 7) is 1.60. The maximum absolute atomic E-state index is 13.6. The number of hydrogen-bond donors (Lipinski definition) is 4. The molecule has 4 unspecified atom stereocenters. The number of likely N-dealkylation sites (tertiary alicyclic amines) is 1. The molecule has 4 atom stereocenters. The van der Waals surface area contributed by atoms with Gasteiger partial charge in [0, 0.05) is 24.7 Å². The highest BCUT2D eigenvalue weighted by Crippen LogP contribution is 2.48. The third-order valence-electron chi connectivity index (χ3n) is 7.48. The first-order valence-electron chi connectivity index (χ1n) is 12.1. The van der Waals surface area contributed by atoms with Gasteiger partial charge in [-0.25, -0.2) is 0 Å². The lowest BCUT2D eigenvalue weighted by Crippen LogP contribution is -2.58. The smallest absolute Gasteiger partial charge is 0.327 e. The number of aliphatic hydroxyl groups is 1. The molecule has 198 valence electrons. The summed E-state index contributed by atoms with van der Waals surface area (Å²) in [5.41, 5.74) is -0.674. The Bertz CT molecular complexity index is 1490. The van der Waals surface area contributed by atoms with Crippen LogP contribution in [0, 0.1) is 18.8 Å². The molecule has 4 N–H and O–H groups in total. The highest BCUT2D eigenvalue weighted by Gasteiger charge is 2.68. The van der Waals surface area contributed by atoms with Gasteiger partial charge in [-0.1, -0.05) is 41.9 Å². The minimum absolute atomic E-state index is 0.00651. The van der Waals surface area contributed by atoms with Crippen LogP contribution >= 0.6 is 11.6 Å². The van der Waals surface area contributed by atoms with Gasteiger partial charge in [0.2, 0.25) is 11.8 Å². The van der Waals surface area contributed by atoms with E-state index in [-0.39, 0.29) is 29.6 Å². The number of aliphatic hydroxyl groups excluding tert-OH is 1. The minimum Gasteiger partial charge on any atom is -0.480 e. The van der Waals surface area contributed by atoms with Crippen molar-refractivity contribution in [2.45, 2.75) is 25.0 Å². The van der Waals surface area contributed by atoms with Gasteiger partial charge in [0.1, 0.15) is 5.58 Å². The molecule has 0 spiro atoms. The van der Waals surface area contributed by atoms with Gasteiger partial charge in [-0.05, 0) is 30.2 Å². The average Bonchev–Trinajstić information content (AvgIpc) is 3.38. The molecule has 0 saturated carbocycles. The number of imide groups is 1. The molecule has 2 aliphatic rings. The van der Waals surface area contributed by atoms with Gasteiger partial charge in [-0.3, -0.25) is 29.4 Å². The molecule has 0 aliphatic carbocycles. The van der Waals surface area contributed by atoms with Gasteiger partial charge < -0.3 is 19.9 Å². The van der Waals surface area contributed by atoms with Crippen molar-refractivity contribution >= 4 is 40.4 Å². The van der Waals surface area contributed by atoms with Crippen molar-refractivity contribution in [3.63, 3.8) is 0 Å². The van der Waals surface area contributed by atoms with E-state index in [1.807, 2.05) is 30.3 Å². The largest absolute Gasteiger partial charge is 0.480 e. The van der Waals surface area contributed by atoms with Crippen molar-refractivity contribution in [3.05, 3.63) is 80.7 Å². The molecule has 38 heavy (non-hydrogen) atoms. The van der Waals surface area contributed by atoms with Gasteiger partial charge >= 0.3 is 5.97 Å². The molecule has 10 nitrogen and oxygen atoms in total. The number of benzene rings is 2. The fourth-order valence-corrected chi connectivity index (χ4v) is 5.62. The van der Waals surface area contributed by atoms with E-state index in [1.54, 1.807) is 13.0 Å². The second-order valence-electron chi connectivity index (χ2n) is 9.67. The number of fused-ring (bicyclic) bond motifs is 2. The molecule has 0 bridgehead atoms. The molecular weight excluding hydrogens is 514 g/mol. The van der Waals surface area contributed by atoms with E-state index in [2.05, 4.69) is 10.6 Å². The maximum atomic E-state index is 13.6. The number of nitrogens with one attached hydrogen (secondary N) is 2. The summed E-state index contributed by atoms with van der Waals surface area (Å²) in [7, 11) is 0. The number of aryl methyl sites for hydroxylation is 1. The predicted molar refractivity (Wildman–Crippen MR) is 137 cm³/mol. The number of rotatable bonds is 8. The summed E-state index contributed by atoms with van der Waals surface area (Å²) >= 11 is 6.21. The molecule has 1 aromatic heterocycles. The molecular formula is C27H26ClN3O7. The quantitative estimate of drug-likeness (QED) is 0.247. The number of carboxylic acid groups (broad SMARTS) is 1. The van der Waals surface area contributed by atoms with Crippen molar-refractivity contribution in [2.75, 3.05) is 19.7 Å². The number of carboxylic acids is 1. The van der Waals surface area contributed by atoms with Crippen molar-refractivity contribution in [1.82, 2.24) is 15.5 Å². The maximum Gasteiger partial charge on any atom is 0.327 e. The topological polar surface area (TPSA) is 149 Å². The Morgan fingerprint density at radius 1 is 1.18 bits per heavy atom. The second kappa shape index (κ2) is 9.95. The van der Waals surface area contributed by atoms with Gasteiger partial charge in [0.15, 0.2) is 11.0 Å². The van der Waals surface area contributed by atoms with Crippen molar-refractivity contribution < 1.29 is 29.0 Å². The summed E-state index contributed by atoms with van der Waals surface area (Å²) in [6.07, 6.45) is 1.17. The van der Waals surface area contributed by atoms with Gasteiger partial charge in [0.25, 0.3) is 0 Å². The first-order valence-corrected chi connectivity index (χ1v) is 12.5. The normalized spacial score (nSPS) is 24.8. The number of carbonyl (C=O) groups excluding carboxylic acids is 2. The third kappa shape index (κ3) is 4.10. The van der Waals surface area contributed by atoms with Crippen LogP contribution in [-0.4, -0.2) is 58.1 Å². The van der Waals surface area contributed by atoms with E-state index in [1.165, 1.54) is 12.3 Å². The number of aliphatic carboxylic acids is 1. The van der Waals surface area contributed by atoms with Crippen LogP contribution in [0.25, 0.3) is 11.0 Å². The van der Waals surface area contributed by atoms with Crippen LogP contribution < -0.4 is 16.1 Å². The Hall–Kier alpha value is -3.57. The lowest BCUT2D eigenvalue weighted by atomic mass is 9.80. The lowest BCUT2D eigenvalue weighted by Gasteiger charge is -2.29. The van der Waals surface area contributed by atoms with E-state index in [4.69, 9.17) is 16.0 Å². The van der Waals surface area contributed by atoms with Crippen LogP contribution in [0.15, 0.2) is 57.9 Å².